The van der Waals surface area contributed by atoms with Gasteiger partial charge in [-0.2, -0.15) is 5.10 Å². The van der Waals surface area contributed by atoms with Gasteiger partial charge in [0.2, 0.25) is 11.8 Å². The van der Waals surface area contributed by atoms with Gasteiger partial charge in [0.25, 0.3) is 0 Å². The lowest BCUT2D eigenvalue weighted by Gasteiger charge is -2.27. The molecule has 0 bridgehead atoms. The minimum absolute atomic E-state index is 0.0393. The Bertz CT molecular complexity index is 1720. The largest absolute Gasteiger partial charge is 0.350 e. The van der Waals surface area contributed by atoms with E-state index in [1.54, 1.807) is 40.2 Å². The molecule has 0 unspecified atom stereocenters. The molecule has 3 heterocycles. The van der Waals surface area contributed by atoms with E-state index in [-0.39, 0.29) is 53.7 Å². The van der Waals surface area contributed by atoms with Crippen LogP contribution < -0.4 is 5.32 Å². The fraction of sp³-hybridized carbons (Fsp3) is 0.355. The highest BCUT2D eigenvalue weighted by Gasteiger charge is 2.64. The second-order valence-corrected chi connectivity index (χ2v) is 11.5. The summed E-state index contributed by atoms with van der Waals surface area (Å²) in [4.78, 5) is 49.9. The molecular formula is C31H31FN6O3. The van der Waals surface area contributed by atoms with Crippen molar-refractivity contribution >= 4 is 28.5 Å². The number of amides is 2. The highest BCUT2D eigenvalue weighted by Crippen LogP contribution is 2.59. The lowest BCUT2D eigenvalue weighted by molar-refractivity contribution is -0.140. The zero-order valence-corrected chi connectivity index (χ0v) is 23.4. The molecule has 41 heavy (non-hydrogen) atoms. The summed E-state index contributed by atoms with van der Waals surface area (Å²) < 4.78 is 15.7. The van der Waals surface area contributed by atoms with Gasteiger partial charge in [0.1, 0.15) is 29.9 Å². The molecule has 210 valence electrons. The number of halogens is 1. The number of fused-ring (bicyclic) bond motifs is 2. The van der Waals surface area contributed by atoms with Crippen molar-refractivity contribution in [1.82, 2.24) is 30.0 Å². The molecule has 3 atom stereocenters. The fourth-order valence-corrected chi connectivity index (χ4v) is 6.12. The van der Waals surface area contributed by atoms with Gasteiger partial charge in [-0.1, -0.05) is 25.1 Å². The predicted octanol–water partition coefficient (Wildman–Crippen LogP) is 4.15. The van der Waals surface area contributed by atoms with Crippen molar-refractivity contribution in [3.63, 3.8) is 0 Å². The fourth-order valence-electron chi connectivity index (χ4n) is 6.12. The summed E-state index contributed by atoms with van der Waals surface area (Å²) >= 11 is 0. The van der Waals surface area contributed by atoms with Crippen LogP contribution in [-0.4, -0.2) is 54.3 Å². The summed E-state index contributed by atoms with van der Waals surface area (Å²) in [5, 5.41) is 8.04. The van der Waals surface area contributed by atoms with Crippen molar-refractivity contribution in [2.45, 2.75) is 65.7 Å². The summed E-state index contributed by atoms with van der Waals surface area (Å²) in [5.74, 6) is -0.472. The minimum Gasteiger partial charge on any atom is -0.350 e. The SMILES string of the molecule is CC(=O)c1nn(CC(=O)N2[C@H](C(=O)NCc3ccccc3F)C[C@@]3(C)C[C@@H]23)c2c(C)cc(-c3cnc(C)nc3)cc12. The molecule has 2 fully saturated rings. The van der Waals surface area contributed by atoms with Gasteiger partial charge in [-0.05, 0) is 61.4 Å². The van der Waals surface area contributed by atoms with Crippen LogP contribution in [0.3, 0.4) is 0 Å². The number of aryl methyl sites for hydroxylation is 2. The second kappa shape index (κ2) is 9.87. The molecule has 4 aromatic rings. The maximum Gasteiger partial charge on any atom is 0.245 e. The number of aromatic nitrogens is 4. The van der Waals surface area contributed by atoms with Crippen LogP contribution in [0.25, 0.3) is 22.0 Å². The minimum atomic E-state index is -0.652. The first kappa shape index (κ1) is 26.7. The molecule has 1 N–H and O–H groups in total. The van der Waals surface area contributed by atoms with Gasteiger partial charge >= 0.3 is 0 Å². The number of ketones is 1. The number of nitrogens with one attached hydrogen (secondary N) is 1. The Balaban J connectivity index is 1.28. The predicted molar refractivity (Wildman–Crippen MR) is 150 cm³/mol. The second-order valence-electron chi connectivity index (χ2n) is 11.5. The van der Waals surface area contributed by atoms with Gasteiger partial charge in [-0.15, -0.1) is 0 Å². The van der Waals surface area contributed by atoms with Crippen LogP contribution in [0.4, 0.5) is 4.39 Å². The number of hydrogen-bond acceptors (Lipinski definition) is 6. The van der Waals surface area contributed by atoms with E-state index in [4.69, 9.17) is 0 Å². The molecule has 0 spiro atoms. The Hall–Kier alpha value is -4.47. The van der Waals surface area contributed by atoms with E-state index in [1.165, 1.54) is 13.0 Å². The van der Waals surface area contributed by atoms with E-state index in [0.29, 0.717) is 28.7 Å². The highest BCUT2D eigenvalue weighted by atomic mass is 19.1. The average Bonchev–Trinajstić information content (AvgIpc) is 3.29. The molecule has 2 aromatic carbocycles. The first-order chi connectivity index (χ1) is 19.6. The quantitative estimate of drug-likeness (QED) is 0.344. The number of piperidine rings is 1. The first-order valence-corrected chi connectivity index (χ1v) is 13.7. The molecule has 1 aliphatic heterocycles. The lowest BCUT2D eigenvalue weighted by atomic mass is 10.0. The summed E-state index contributed by atoms with van der Waals surface area (Å²) in [6.07, 6.45) is 4.85. The third-order valence-electron chi connectivity index (χ3n) is 8.40. The number of carbonyl (C=O) groups excluding carboxylic acids is 3. The molecule has 2 aliphatic rings. The number of rotatable bonds is 7. The van der Waals surface area contributed by atoms with E-state index >= 15 is 0 Å². The van der Waals surface area contributed by atoms with Gasteiger partial charge in [-0.3, -0.25) is 19.1 Å². The molecule has 10 heteroatoms. The molecule has 1 saturated heterocycles. The number of benzene rings is 2. The first-order valence-electron chi connectivity index (χ1n) is 13.7. The van der Waals surface area contributed by atoms with Crippen LogP contribution in [0.5, 0.6) is 0 Å². The number of Topliss-reactive ketones (excluding diaryl/α,β-unsaturated/α-hetero) is 1. The molecule has 2 aromatic heterocycles. The Kier molecular flexibility index (Phi) is 6.43. The van der Waals surface area contributed by atoms with Gasteiger partial charge in [0.05, 0.1) is 5.52 Å². The average molecular weight is 555 g/mol. The third kappa shape index (κ3) is 4.77. The molecule has 1 saturated carbocycles. The van der Waals surface area contributed by atoms with Crippen LogP contribution in [0.15, 0.2) is 48.8 Å². The zero-order chi connectivity index (χ0) is 29.1. The van der Waals surface area contributed by atoms with Crippen molar-refractivity contribution in [1.29, 1.82) is 0 Å². The zero-order valence-electron chi connectivity index (χ0n) is 23.4. The lowest BCUT2D eigenvalue weighted by Crippen LogP contribution is -2.48. The number of hydrogen-bond donors (Lipinski definition) is 1. The summed E-state index contributed by atoms with van der Waals surface area (Å²) in [6, 6.07) is 9.46. The van der Waals surface area contributed by atoms with Crippen molar-refractivity contribution in [3.05, 3.63) is 77.3 Å². The maximum atomic E-state index is 14.1. The molecule has 6 rings (SSSR count). The van der Waals surface area contributed by atoms with E-state index in [9.17, 15) is 18.8 Å². The van der Waals surface area contributed by atoms with Crippen LogP contribution in [0.2, 0.25) is 0 Å². The normalized spacial score (nSPS) is 21.1. The van der Waals surface area contributed by atoms with Gasteiger partial charge in [0, 0.05) is 48.4 Å². The topological polar surface area (TPSA) is 110 Å². The molecule has 2 amide bonds. The van der Waals surface area contributed by atoms with Crippen LogP contribution in [0.1, 0.15) is 54.1 Å². The van der Waals surface area contributed by atoms with Gasteiger partial charge < -0.3 is 10.2 Å². The standard InChI is InChI=1S/C31H31FN6O3/c1-17-9-21(22-14-33-19(3)34-15-22)10-23-28(18(2)39)36-37(29(17)23)16-27(40)38-25(11-31(4)12-26(31)38)30(41)35-13-20-7-5-6-8-24(20)32/h5-10,14-15,25-26H,11-13,16H2,1-4H3,(H,35,41)/t25-,26+,31-/m0/s1. The van der Waals surface area contributed by atoms with Crippen LogP contribution in [0, 0.1) is 25.1 Å². The molecule has 9 nitrogen and oxygen atoms in total. The van der Waals surface area contributed by atoms with E-state index in [2.05, 4.69) is 27.3 Å². The summed E-state index contributed by atoms with van der Waals surface area (Å²) in [5.41, 5.74) is 3.76. The monoisotopic (exact) mass is 554 g/mol. The number of carbonyl (C=O) groups is 3. The van der Waals surface area contributed by atoms with Crippen molar-refractivity contribution in [3.8, 4) is 11.1 Å². The van der Waals surface area contributed by atoms with Gasteiger partial charge in [-0.25, -0.2) is 14.4 Å². The Morgan fingerprint density at radius 1 is 1.07 bits per heavy atom. The molecular weight excluding hydrogens is 523 g/mol. The summed E-state index contributed by atoms with van der Waals surface area (Å²) in [7, 11) is 0. The third-order valence-corrected chi connectivity index (χ3v) is 8.40. The van der Waals surface area contributed by atoms with E-state index in [0.717, 1.165) is 23.1 Å². The smallest absolute Gasteiger partial charge is 0.245 e. The van der Waals surface area contributed by atoms with Crippen LogP contribution in [-0.2, 0) is 22.7 Å². The number of likely N-dealkylation sites (tertiary alicyclic amines) is 1. The van der Waals surface area contributed by atoms with Crippen molar-refractivity contribution in [2.75, 3.05) is 0 Å². The maximum absolute atomic E-state index is 14.1. The van der Waals surface area contributed by atoms with Crippen LogP contribution >= 0.6 is 0 Å². The Morgan fingerprint density at radius 2 is 1.80 bits per heavy atom. The van der Waals surface area contributed by atoms with Gasteiger partial charge in [0.15, 0.2) is 5.78 Å². The van der Waals surface area contributed by atoms with Crippen molar-refractivity contribution in [2.24, 2.45) is 5.41 Å². The Morgan fingerprint density at radius 3 is 2.51 bits per heavy atom. The number of nitrogens with zero attached hydrogens (tertiary/aromatic N) is 5. The molecule has 0 radical (unpaired) electrons. The van der Waals surface area contributed by atoms with E-state index < -0.39 is 6.04 Å². The Labute approximate surface area is 236 Å². The van der Waals surface area contributed by atoms with E-state index in [1.807, 2.05) is 26.0 Å². The highest BCUT2D eigenvalue weighted by molar-refractivity contribution is 6.07. The van der Waals surface area contributed by atoms with Crippen molar-refractivity contribution < 1.29 is 18.8 Å². The summed E-state index contributed by atoms with van der Waals surface area (Å²) in [6.45, 7) is 7.21. The molecule has 1 aliphatic carbocycles.